The molecule has 3 heterocycles. The van der Waals surface area contributed by atoms with Crippen molar-refractivity contribution in [2.24, 2.45) is 10.7 Å². The smallest absolute Gasteiger partial charge is 0.267 e. The van der Waals surface area contributed by atoms with E-state index < -0.39 is 5.54 Å². The maximum atomic E-state index is 13.2. The quantitative estimate of drug-likeness (QED) is 0.769. The van der Waals surface area contributed by atoms with E-state index in [1.165, 1.54) is 11.3 Å². The number of aliphatic imine (C=N–C) groups is 1. The minimum Gasteiger partial charge on any atom is -0.451 e. The van der Waals surface area contributed by atoms with Crippen molar-refractivity contribution in [1.82, 2.24) is 14.9 Å². The second kappa shape index (κ2) is 6.35. The third kappa shape index (κ3) is 2.59. The number of rotatable bonds is 4. The number of guanidine groups is 1. The van der Waals surface area contributed by atoms with Gasteiger partial charge in [0.15, 0.2) is 12.4 Å². The summed E-state index contributed by atoms with van der Waals surface area (Å²) in [6, 6.07) is 11.3. The molecule has 1 unspecified atom stereocenters. The molecular weight excluding hydrogens is 342 g/mol. The molecule has 0 bridgehead atoms. The number of nitrogens with two attached hydrogens (primary N) is 1. The first-order chi connectivity index (χ1) is 13.1. The molecule has 0 spiro atoms. The summed E-state index contributed by atoms with van der Waals surface area (Å²) >= 11 is 0. The van der Waals surface area contributed by atoms with Gasteiger partial charge in [0.1, 0.15) is 12.0 Å². The highest BCUT2D eigenvalue weighted by atomic mass is 16.3. The van der Waals surface area contributed by atoms with Crippen LogP contribution >= 0.6 is 0 Å². The van der Waals surface area contributed by atoms with Gasteiger partial charge in [-0.1, -0.05) is 31.2 Å². The van der Waals surface area contributed by atoms with E-state index in [0.717, 1.165) is 17.5 Å². The molecular formula is C20H19N5O2. The van der Waals surface area contributed by atoms with Crippen molar-refractivity contribution < 1.29 is 9.21 Å². The van der Waals surface area contributed by atoms with Crippen molar-refractivity contribution >= 4 is 11.9 Å². The Morgan fingerprint density at radius 2 is 2.07 bits per heavy atom. The number of amides is 1. The zero-order valence-electron chi connectivity index (χ0n) is 15.1. The van der Waals surface area contributed by atoms with Crippen molar-refractivity contribution in [3.8, 4) is 11.3 Å². The van der Waals surface area contributed by atoms with Crippen LogP contribution in [0, 0.1) is 0 Å². The number of nitrogens with zero attached hydrogens (tertiary/aromatic N) is 4. The summed E-state index contributed by atoms with van der Waals surface area (Å²) in [5.74, 6) is -0.0812. The zero-order chi connectivity index (χ0) is 19.0. The molecule has 4 rings (SSSR count). The molecule has 0 fully saturated rings. The lowest BCUT2D eigenvalue weighted by molar-refractivity contribution is -0.129. The van der Waals surface area contributed by atoms with E-state index >= 15 is 0 Å². The van der Waals surface area contributed by atoms with Crippen LogP contribution in [0.3, 0.4) is 0 Å². The topological polar surface area (TPSA) is 97.6 Å². The average molecular weight is 361 g/mol. The molecule has 1 atom stereocenters. The van der Waals surface area contributed by atoms with Gasteiger partial charge in [0.05, 0.1) is 5.69 Å². The molecule has 136 valence electrons. The molecule has 0 saturated carbocycles. The Morgan fingerprint density at radius 3 is 2.67 bits per heavy atom. The van der Waals surface area contributed by atoms with Crippen LogP contribution in [0.25, 0.3) is 11.3 Å². The number of carbonyl (C=O) groups excluding carboxylic acids is 1. The van der Waals surface area contributed by atoms with E-state index in [2.05, 4.69) is 21.9 Å². The van der Waals surface area contributed by atoms with Gasteiger partial charge in [0.2, 0.25) is 5.54 Å². The van der Waals surface area contributed by atoms with E-state index in [1.807, 2.05) is 36.4 Å². The molecule has 7 heteroatoms. The van der Waals surface area contributed by atoms with Gasteiger partial charge in [-0.15, -0.1) is 0 Å². The van der Waals surface area contributed by atoms with Crippen LogP contribution < -0.4 is 5.73 Å². The number of hydrogen-bond acceptors (Lipinski definition) is 6. The van der Waals surface area contributed by atoms with Crippen LogP contribution in [0.1, 0.15) is 23.7 Å². The maximum absolute atomic E-state index is 13.2. The summed E-state index contributed by atoms with van der Waals surface area (Å²) in [6.07, 6.45) is 5.56. The maximum Gasteiger partial charge on any atom is 0.267 e. The van der Waals surface area contributed by atoms with E-state index in [4.69, 9.17) is 10.2 Å². The van der Waals surface area contributed by atoms with Gasteiger partial charge >= 0.3 is 0 Å². The number of likely N-dealkylation sites (N-methyl/N-ethyl adjacent to an activating group) is 1. The van der Waals surface area contributed by atoms with Crippen molar-refractivity contribution in [1.29, 1.82) is 0 Å². The molecule has 1 amide bonds. The summed E-state index contributed by atoms with van der Waals surface area (Å²) < 4.78 is 5.08. The van der Waals surface area contributed by atoms with Crippen LogP contribution in [0.2, 0.25) is 0 Å². The second-order valence-electron chi connectivity index (χ2n) is 6.40. The second-order valence-corrected chi connectivity index (χ2v) is 6.40. The van der Waals surface area contributed by atoms with Crippen molar-refractivity contribution in [2.45, 2.75) is 18.9 Å². The lowest BCUT2D eigenvalue weighted by Crippen LogP contribution is -2.41. The molecule has 2 N–H and O–H groups in total. The Labute approximate surface area is 156 Å². The highest BCUT2D eigenvalue weighted by Gasteiger charge is 2.50. The Hall–Kier alpha value is -3.48. The fourth-order valence-corrected chi connectivity index (χ4v) is 3.25. The first-order valence-electron chi connectivity index (χ1n) is 8.64. The molecule has 2 aromatic heterocycles. The van der Waals surface area contributed by atoms with Crippen LogP contribution in [0.5, 0.6) is 0 Å². The highest BCUT2D eigenvalue weighted by molar-refractivity contribution is 6.08. The SMILES string of the molecule is CCc1ccc(C2(c3cccc(-c4cocn4)c3)N=C(N)N(C)C2=O)nc1. The molecule has 0 radical (unpaired) electrons. The van der Waals surface area contributed by atoms with Gasteiger partial charge in [-0.25, -0.2) is 9.98 Å². The fraction of sp³-hybridized carbons (Fsp3) is 0.200. The number of benzene rings is 1. The molecule has 0 saturated heterocycles. The fourth-order valence-electron chi connectivity index (χ4n) is 3.25. The normalized spacial score (nSPS) is 19.4. The lowest BCUT2D eigenvalue weighted by Gasteiger charge is -2.25. The van der Waals surface area contributed by atoms with E-state index in [0.29, 0.717) is 17.0 Å². The third-order valence-electron chi connectivity index (χ3n) is 4.85. The van der Waals surface area contributed by atoms with Gasteiger partial charge in [-0.2, -0.15) is 0 Å². The first kappa shape index (κ1) is 17.0. The predicted octanol–water partition coefficient (Wildman–Crippen LogP) is 2.33. The Kier molecular flexibility index (Phi) is 3.99. The van der Waals surface area contributed by atoms with Crippen LogP contribution in [0.15, 0.2) is 64.7 Å². The van der Waals surface area contributed by atoms with E-state index in [1.54, 1.807) is 19.5 Å². The summed E-state index contributed by atoms with van der Waals surface area (Å²) in [6.45, 7) is 2.05. The van der Waals surface area contributed by atoms with Crippen LogP contribution in [-0.4, -0.2) is 33.8 Å². The Balaban J connectivity index is 1.92. The van der Waals surface area contributed by atoms with Gasteiger partial charge in [-0.3, -0.25) is 14.7 Å². The molecule has 27 heavy (non-hydrogen) atoms. The number of oxazole rings is 1. The predicted molar refractivity (Wildman–Crippen MR) is 101 cm³/mol. The Morgan fingerprint density at radius 1 is 1.22 bits per heavy atom. The minimum atomic E-state index is -1.31. The molecule has 1 aromatic carbocycles. The van der Waals surface area contributed by atoms with Gasteiger partial charge in [0, 0.05) is 18.8 Å². The number of aryl methyl sites for hydroxylation is 1. The number of aromatic nitrogens is 2. The molecule has 1 aliphatic rings. The van der Waals surface area contributed by atoms with Crippen LogP contribution in [-0.2, 0) is 16.8 Å². The minimum absolute atomic E-state index is 0.160. The number of hydrogen-bond donors (Lipinski definition) is 1. The summed E-state index contributed by atoms with van der Waals surface area (Å²) in [4.78, 5) is 27.9. The molecule has 1 aliphatic heterocycles. The molecule has 3 aromatic rings. The van der Waals surface area contributed by atoms with Crippen molar-refractivity contribution in [3.63, 3.8) is 0 Å². The molecule has 0 aliphatic carbocycles. The van der Waals surface area contributed by atoms with E-state index in [9.17, 15) is 4.79 Å². The standard InChI is InChI=1S/C20H19N5O2/c1-3-13-7-8-17(22-10-13)20(18(26)25(2)19(21)24-20)15-6-4-5-14(9-15)16-11-27-12-23-16/h4-12H,3H2,1-2H3,(H2,21,24). The lowest BCUT2D eigenvalue weighted by atomic mass is 9.85. The number of pyridine rings is 1. The zero-order valence-corrected chi connectivity index (χ0v) is 15.1. The van der Waals surface area contributed by atoms with Gasteiger partial charge in [0.25, 0.3) is 5.91 Å². The third-order valence-corrected chi connectivity index (χ3v) is 4.85. The monoisotopic (exact) mass is 361 g/mol. The van der Waals surface area contributed by atoms with Crippen molar-refractivity contribution in [2.75, 3.05) is 7.05 Å². The largest absolute Gasteiger partial charge is 0.451 e. The molecule has 7 nitrogen and oxygen atoms in total. The van der Waals surface area contributed by atoms with Gasteiger partial charge in [-0.05, 0) is 29.7 Å². The number of carbonyl (C=O) groups is 1. The van der Waals surface area contributed by atoms with Crippen molar-refractivity contribution in [3.05, 3.63) is 72.1 Å². The Bertz CT molecular complexity index is 1010. The summed E-state index contributed by atoms with van der Waals surface area (Å²) in [5.41, 5.74) is 8.49. The summed E-state index contributed by atoms with van der Waals surface area (Å²) in [7, 11) is 1.62. The summed E-state index contributed by atoms with van der Waals surface area (Å²) in [5, 5.41) is 0. The van der Waals surface area contributed by atoms with E-state index in [-0.39, 0.29) is 11.9 Å². The average Bonchev–Trinajstić information content (AvgIpc) is 3.32. The first-order valence-corrected chi connectivity index (χ1v) is 8.64. The highest BCUT2D eigenvalue weighted by Crippen LogP contribution is 2.39. The van der Waals surface area contributed by atoms with Crippen LogP contribution in [0.4, 0.5) is 0 Å². The van der Waals surface area contributed by atoms with Gasteiger partial charge < -0.3 is 10.2 Å².